The van der Waals surface area contributed by atoms with Crippen molar-refractivity contribution in [1.29, 1.82) is 0 Å². The Morgan fingerprint density at radius 2 is 2.00 bits per heavy atom. The van der Waals surface area contributed by atoms with Crippen molar-refractivity contribution in [1.82, 2.24) is 0 Å². The largest absolute Gasteiger partial charge is 0.382 e. The van der Waals surface area contributed by atoms with Gasteiger partial charge in [0, 0.05) is 5.56 Å². The van der Waals surface area contributed by atoms with E-state index in [4.69, 9.17) is 28.3 Å². The lowest BCUT2D eigenvalue weighted by atomic mass is 10.1. The number of aliphatic hydroxyl groups is 1. The maximum Gasteiger partial charge on any atom is 0.121 e. The molecule has 0 saturated carbocycles. The quantitative estimate of drug-likeness (QED) is 0.720. The summed E-state index contributed by atoms with van der Waals surface area (Å²) >= 11 is 11.5. The summed E-state index contributed by atoms with van der Waals surface area (Å²) in [6.45, 7) is 1.57. The van der Waals surface area contributed by atoms with Gasteiger partial charge in [0.2, 0.25) is 0 Å². The van der Waals surface area contributed by atoms with Crippen molar-refractivity contribution >= 4 is 23.2 Å². The number of halogens is 2. The molecule has 3 heteroatoms. The first-order valence-electron chi connectivity index (χ1n) is 3.10. The Balaban J connectivity index is 3.17. The first kappa shape index (κ1) is 8.85. The molecule has 0 aliphatic heterocycles. The van der Waals surface area contributed by atoms with Crippen molar-refractivity contribution in [2.45, 2.75) is 6.92 Å². The number of benzene rings is 1. The first-order chi connectivity index (χ1) is 5.13. The lowest BCUT2D eigenvalue weighted by Gasteiger charge is -2.05. The zero-order chi connectivity index (χ0) is 8.43. The number of aliphatic hydroxyl groups excluding tert-OH is 1. The summed E-state index contributed by atoms with van der Waals surface area (Å²) in [5.74, 6) is 0. The van der Waals surface area contributed by atoms with E-state index in [1.165, 1.54) is 0 Å². The van der Waals surface area contributed by atoms with E-state index in [0.29, 0.717) is 15.6 Å². The van der Waals surface area contributed by atoms with Gasteiger partial charge in [-0.3, -0.25) is 0 Å². The van der Waals surface area contributed by atoms with Gasteiger partial charge in [0.1, 0.15) is 6.10 Å². The van der Waals surface area contributed by atoms with E-state index < -0.39 is 0 Å². The average Bonchev–Trinajstić information content (AvgIpc) is 1.94. The highest BCUT2D eigenvalue weighted by molar-refractivity contribution is 6.42. The first-order valence-corrected chi connectivity index (χ1v) is 3.85. The highest BCUT2D eigenvalue weighted by atomic mass is 35.5. The fraction of sp³-hybridized carbons (Fsp3) is 0.125. The fourth-order valence-corrected chi connectivity index (χ4v) is 1.22. The molecule has 0 aliphatic carbocycles. The van der Waals surface area contributed by atoms with E-state index in [9.17, 15) is 0 Å². The Morgan fingerprint density at radius 1 is 1.36 bits per heavy atom. The molecular formula is C8H7Cl2O. The van der Waals surface area contributed by atoms with Crippen LogP contribution < -0.4 is 0 Å². The second-order valence-corrected chi connectivity index (χ2v) is 2.97. The zero-order valence-corrected chi connectivity index (χ0v) is 7.45. The topological polar surface area (TPSA) is 20.2 Å². The number of hydrogen-bond acceptors (Lipinski definition) is 1. The minimum Gasteiger partial charge on any atom is -0.382 e. The van der Waals surface area contributed by atoms with E-state index >= 15 is 0 Å². The lowest BCUT2D eigenvalue weighted by Crippen LogP contribution is -1.92. The minimum absolute atomic E-state index is 0.178. The highest BCUT2D eigenvalue weighted by Crippen LogP contribution is 2.28. The van der Waals surface area contributed by atoms with Crippen molar-refractivity contribution in [2.75, 3.05) is 0 Å². The molecule has 1 radical (unpaired) electrons. The lowest BCUT2D eigenvalue weighted by molar-refractivity contribution is 0.341. The van der Waals surface area contributed by atoms with Gasteiger partial charge in [0.25, 0.3) is 0 Å². The van der Waals surface area contributed by atoms with Crippen LogP contribution >= 0.6 is 23.2 Å². The molecule has 1 N–H and O–H groups in total. The van der Waals surface area contributed by atoms with Crippen molar-refractivity contribution in [2.24, 2.45) is 0 Å². The van der Waals surface area contributed by atoms with Crippen LogP contribution in [0.2, 0.25) is 10.0 Å². The van der Waals surface area contributed by atoms with Crippen LogP contribution in [0.3, 0.4) is 0 Å². The summed E-state index contributed by atoms with van der Waals surface area (Å²) in [5, 5.41) is 9.96. The molecule has 1 aromatic rings. The van der Waals surface area contributed by atoms with Crippen LogP contribution in [0.5, 0.6) is 0 Å². The predicted octanol–water partition coefficient (Wildman–Crippen LogP) is 3.27. The SMILES string of the molecule is C[C](O)c1cccc(Cl)c1Cl. The van der Waals surface area contributed by atoms with E-state index in [2.05, 4.69) is 0 Å². The van der Waals surface area contributed by atoms with Gasteiger partial charge >= 0.3 is 0 Å². The summed E-state index contributed by atoms with van der Waals surface area (Å²) in [4.78, 5) is 0. The standard InChI is InChI=1S/C8H7Cl2O/c1-5(11)6-3-2-4-7(9)8(6)10/h2-4,11H,1H3. The molecule has 0 spiro atoms. The van der Waals surface area contributed by atoms with Crippen LogP contribution in [-0.2, 0) is 0 Å². The monoisotopic (exact) mass is 189 g/mol. The third-order valence-electron chi connectivity index (χ3n) is 1.34. The average molecular weight is 190 g/mol. The maximum absolute atomic E-state index is 9.10. The Bertz CT molecular complexity index is 258. The molecule has 11 heavy (non-hydrogen) atoms. The molecule has 0 aromatic heterocycles. The van der Waals surface area contributed by atoms with Crippen LogP contribution in [-0.4, -0.2) is 5.11 Å². The normalized spacial score (nSPS) is 10.6. The summed E-state index contributed by atoms with van der Waals surface area (Å²) < 4.78 is 0. The summed E-state index contributed by atoms with van der Waals surface area (Å²) in [7, 11) is 0. The number of hydrogen-bond donors (Lipinski definition) is 1. The van der Waals surface area contributed by atoms with E-state index in [1.807, 2.05) is 0 Å². The molecule has 0 unspecified atom stereocenters. The molecule has 0 bridgehead atoms. The fourth-order valence-electron chi connectivity index (χ4n) is 0.783. The third kappa shape index (κ3) is 1.86. The molecule has 0 aliphatic rings. The smallest absolute Gasteiger partial charge is 0.121 e. The van der Waals surface area contributed by atoms with Crippen LogP contribution in [0, 0.1) is 6.10 Å². The molecular weight excluding hydrogens is 183 g/mol. The van der Waals surface area contributed by atoms with Gasteiger partial charge in [-0.1, -0.05) is 35.3 Å². The van der Waals surface area contributed by atoms with Crippen molar-refractivity contribution in [3.05, 3.63) is 39.9 Å². The summed E-state index contributed by atoms with van der Waals surface area (Å²) in [6.07, 6.45) is 0.178. The maximum atomic E-state index is 9.10. The third-order valence-corrected chi connectivity index (χ3v) is 2.16. The highest BCUT2D eigenvalue weighted by Gasteiger charge is 2.08. The second kappa shape index (κ2) is 3.44. The number of rotatable bonds is 1. The molecule has 1 rings (SSSR count). The van der Waals surface area contributed by atoms with Gasteiger partial charge in [0.05, 0.1) is 10.0 Å². The molecule has 1 nitrogen and oxygen atoms in total. The van der Waals surface area contributed by atoms with E-state index in [-0.39, 0.29) is 6.10 Å². The van der Waals surface area contributed by atoms with Gasteiger partial charge in [-0.25, -0.2) is 0 Å². The molecule has 59 valence electrons. The molecule has 0 atom stereocenters. The van der Waals surface area contributed by atoms with Gasteiger partial charge < -0.3 is 5.11 Å². The molecule has 0 heterocycles. The molecule has 0 saturated heterocycles. The van der Waals surface area contributed by atoms with Crippen LogP contribution in [0.1, 0.15) is 12.5 Å². The van der Waals surface area contributed by atoms with Gasteiger partial charge in [-0.15, -0.1) is 0 Å². The van der Waals surface area contributed by atoms with Gasteiger partial charge in [-0.05, 0) is 13.0 Å². The molecule has 1 aromatic carbocycles. The van der Waals surface area contributed by atoms with Crippen LogP contribution in [0.25, 0.3) is 0 Å². The Hall–Kier alpha value is -0.240. The Kier molecular flexibility index (Phi) is 2.77. The van der Waals surface area contributed by atoms with Crippen LogP contribution in [0.15, 0.2) is 18.2 Å². The zero-order valence-electron chi connectivity index (χ0n) is 5.94. The second-order valence-electron chi connectivity index (χ2n) is 2.19. The molecule has 0 fully saturated rings. The van der Waals surface area contributed by atoms with E-state index in [1.54, 1.807) is 25.1 Å². The van der Waals surface area contributed by atoms with Crippen molar-refractivity contribution < 1.29 is 5.11 Å². The van der Waals surface area contributed by atoms with E-state index in [0.717, 1.165) is 0 Å². The van der Waals surface area contributed by atoms with Crippen molar-refractivity contribution in [3.8, 4) is 0 Å². The molecule has 0 amide bonds. The Morgan fingerprint density at radius 3 is 2.45 bits per heavy atom. The van der Waals surface area contributed by atoms with Gasteiger partial charge in [-0.2, -0.15) is 0 Å². The summed E-state index contributed by atoms with van der Waals surface area (Å²) in [6, 6.07) is 5.13. The Labute approximate surface area is 75.6 Å². The van der Waals surface area contributed by atoms with Crippen LogP contribution in [0.4, 0.5) is 0 Å². The minimum atomic E-state index is 0.178. The van der Waals surface area contributed by atoms with Gasteiger partial charge in [0.15, 0.2) is 0 Å². The van der Waals surface area contributed by atoms with Crippen molar-refractivity contribution in [3.63, 3.8) is 0 Å². The predicted molar refractivity (Wildman–Crippen MR) is 46.4 cm³/mol. The summed E-state index contributed by atoms with van der Waals surface area (Å²) in [5.41, 5.74) is 0.583.